The van der Waals surface area contributed by atoms with E-state index in [1.807, 2.05) is 7.05 Å². The summed E-state index contributed by atoms with van der Waals surface area (Å²) in [6, 6.07) is 13.2. The molecule has 1 heteroatoms. The molecule has 2 rings (SSSR count). The van der Waals surface area contributed by atoms with E-state index in [2.05, 4.69) is 62.5 Å². The smallest absolute Gasteiger partial charge is 0.0340 e. The van der Waals surface area contributed by atoms with Crippen LogP contribution in [0, 0.1) is 20.8 Å². The third kappa shape index (κ3) is 2.73. The van der Waals surface area contributed by atoms with E-state index in [0.29, 0.717) is 0 Å². The molecule has 0 aromatic heterocycles. The summed E-state index contributed by atoms with van der Waals surface area (Å²) in [6.07, 6.45) is 1.00. The number of benzene rings is 2. The van der Waals surface area contributed by atoms with Gasteiger partial charge in [-0.25, -0.2) is 0 Å². The Morgan fingerprint density at radius 1 is 0.889 bits per heavy atom. The zero-order chi connectivity index (χ0) is 13.1. The summed E-state index contributed by atoms with van der Waals surface area (Å²) in [7, 11) is 1.96. The minimum Gasteiger partial charge on any atom is -0.388 e. The van der Waals surface area contributed by atoms with Crippen LogP contribution < -0.4 is 5.32 Å². The minimum atomic E-state index is 1.00. The molecule has 0 bridgehead atoms. The maximum absolute atomic E-state index is 3.19. The predicted octanol–water partition coefficient (Wildman–Crippen LogP) is 4.24. The molecule has 94 valence electrons. The van der Waals surface area contributed by atoms with Crippen molar-refractivity contribution in [2.24, 2.45) is 0 Å². The lowest BCUT2D eigenvalue weighted by atomic mass is 9.96. The first-order valence-electron chi connectivity index (χ1n) is 6.43. The highest BCUT2D eigenvalue weighted by Crippen LogP contribution is 2.20. The molecule has 18 heavy (non-hydrogen) atoms. The summed E-state index contributed by atoms with van der Waals surface area (Å²) in [4.78, 5) is 0. The lowest BCUT2D eigenvalue weighted by Gasteiger charge is -2.11. The summed E-state index contributed by atoms with van der Waals surface area (Å²) < 4.78 is 0. The normalized spacial score (nSPS) is 10.4. The van der Waals surface area contributed by atoms with Crippen LogP contribution in [0.4, 0.5) is 5.69 Å². The van der Waals surface area contributed by atoms with Crippen molar-refractivity contribution in [2.75, 3.05) is 12.4 Å². The Bertz CT molecular complexity index is 556. The number of rotatable bonds is 3. The highest BCUT2D eigenvalue weighted by Gasteiger charge is 2.03. The third-order valence-corrected chi connectivity index (χ3v) is 3.56. The second-order valence-corrected chi connectivity index (χ2v) is 4.99. The van der Waals surface area contributed by atoms with Crippen LogP contribution in [0.5, 0.6) is 0 Å². The zero-order valence-electron chi connectivity index (χ0n) is 11.7. The molecule has 0 amide bonds. The molecule has 0 atom stereocenters. The summed E-state index contributed by atoms with van der Waals surface area (Å²) in [6.45, 7) is 6.56. The molecule has 1 nitrogen and oxygen atoms in total. The van der Waals surface area contributed by atoms with E-state index >= 15 is 0 Å². The highest BCUT2D eigenvalue weighted by atomic mass is 14.8. The van der Waals surface area contributed by atoms with Gasteiger partial charge in [0.15, 0.2) is 0 Å². The van der Waals surface area contributed by atoms with E-state index in [9.17, 15) is 0 Å². The lowest BCUT2D eigenvalue weighted by Crippen LogP contribution is -1.96. The van der Waals surface area contributed by atoms with Crippen LogP contribution in [-0.4, -0.2) is 7.05 Å². The van der Waals surface area contributed by atoms with Gasteiger partial charge in [0, 0.05) is 12.7 Å². The number of hydrogen-bond donors (Lipinski definition) is 1. The van der Waals surface area contributed by atoms with Crippen molar-refractivity contribution in [3.63, 3.8) is 0 Å². The van der Waals surface area contributed by atoms with E-state index < -0.39 is 0 Å². The van der Waals surface area contributed by atoms with Crippen LogP contribution in [0.15, 0.2) is 36.4 Å². The van der Waals surface area contributed by atoms with E-state index in [1.54, 1.807) is 0 Å². The summed E-state index contributed by atoms with van der Waals surface area (Å²) in [5, 5.41) is 3.19. The maximum atomic E-state index is 3.19. The summed E-state index contributed by atoms with van der Waals surface area (Å²) >= 11 is 0. The van der Waals surface area contributed by atoms with Gasteiger partial charge in [0.2, 0.25) is 0 Å². The van der Waals surface area contributed by atoms with Crippen LogP contribution in [0.3, 0.4) is 0 Å². The summed E-state index contributed by atoms with van der Waals surface area (Å²) in [5.74, 6) is 0. The Balaban J connectivity index is 2.30. The Labute approximate surface area is 110 Å². The number of anilines is 1. The minimum absolute atomic E-state index is 1.00. The highest BCUT2D eigenvalue weighted by molar-refractivity contribution is 5.47. The fourth-order valence-electron chi connectivity index (χ4n) is 2.27. The average molecular weight is 239 g/mol. The third-order valence-electron chi connectivity index (χ3n) is 3.56. The van der Waals surface area contributed by atoms with Gasteiger partial charge >= 0.3 is 0 Å². The van der Waals surface area contributed by atoms with Crippen molar-refractivity contribution < 1.29 is 0 Å². The van der Waals surface area contributed by atoms with Gasteiger partial charge in [-0.3, -0.25) is 0 Å². The van der Waals surface area contributed by atoms with Gasteiger partial charge in [-0.2, -0.15) is 0 Å². The van der Waals surface area contributed by atoms with E-state index in [4.69, 9.17) is 0 Å². The maximum Gasteiger partial charge on any atom is 0.0340 e. The second-order valence-electron chi connectivity index (χ2n) is 4.99. The number of aryl methyl sites for hydroxylation is 3. The largest absolute Gasteiger partial charge is 0.388 e. The first kappa shape index (κ1) is 12.7. The van der Waals surface area contributed by atoms with Crippen molar-refractivity contribution in [3.05, 3.63) is 64.2 Å². The molecule has 0 saturated carbocycles. The molecule has 1 N–H and O–H groups in total. The molecule has 0 aliphatic carbocycles. The van der Waals surface area contributed by atoms with Gasteiger partial charge in [-0.05, 0) is 67.1 Å². The molecule has 0 radical (unpaired) electrons. The SMILES string of the molecule is CNc1cccc(Cc2cc(C)c(C)cc2C)c1. The molecule has 0 aliphatic rings. The second kappa shape index (κ2) is 5.26. The van der Waals surface area contributed by atoms with Crippen LogP contribution >= 0.6 is 0 Å². The molecule has 2 aromatic rings. The molecule has 0 spiro atoms. The first-order valence-corrected chi connectivity index (χ1v) is 6.43. The van der Waals surface area contributed by atoms with Crippen molar-refractivity contribution in [2.45, 2.75) is 27.2 Å². The standard InChI is InChI=1S/C17H21N/c1-12-8-14(3)16(9-13(12)2)10-15-6-5-7-17(11-15)18-4/h5-9,11,18H,10H2,1-4H3. The van der Waals surface area contributed by atoms with Crippen molar-refractivity contribution in [1.29, 1.82) is 0 Å². The quantitative estimate of drug-likeness (QED) is 0.844. The van der Waals surface area contributed by atoms with Crippen LogP contribution in [0.25, 0.3) is 0 Å². The monoisotopic (exact) mass is 239 g/mol. The zero-order valence-corrected chi connectivity index (χ0v) is 11.7. The molecule has 2 aromatic carbocycles. The Morgan fingerprint density at radius 2 is 1.61 bits per heavy atom. The van der Waals surface area contributed by atoms with E-state index in [-0.39, 0.29) is 0 Å². The molecule has 0 aliphatic heterocycles. The molecular weight excluding hydrogens is 218 g/mol. The predicted molar refractivity (Wildman–Crippen MR) is 79.4 cm³/mol. The first-order chi connectivity index (χ1) is 8.60. The van der Waals surface area contributed by atoms with Gasteiger partial charge in [0.05, 0.1) is 0 Å². The number of hydrogen-bond acceptors (Lipinski definition) is 1. The van der Waals surface area contributed by atoms with Gasteiger partial charge in [-0.1, -0.05) is 24.3 Å². The Hall–Kier alpha value is -1.76. The van der Waals surface area contributed by atoms with Gasteiger partial charge in [0.25, 0.3) is 0 Å². The van der Waals surface area contributed by atoms with E-state index in [1.165, 1.54) is 33.5 Å². The lowest BCUT2D eigenvalue weighted by molar-refractivity contribution is 1.13. The van der Waals surface area contributed by atoms with Crippen molar-refractivity contribution in [3.8, 4) is 0 Å². The van der Waals surface area contributed by atoms with Crippen LogP contribution in [0.1, 0.15) is 27.8 Å². The molecule has 0 saturated heterocycles. The topological polar surface area (TPSA) is 12.0 Å². The Morgan fingerprint density at radius 3 is 2.33 bits per heavy atom. The van der Waals surface area contributed by atoms with Gasteiger partial charge in [0.1, 0.15) is 0 Å². The van der Waals surface area contributed by atoms with Crippen molar-refractivity contribution in [1.82, 2.24) is 0 Å². The average Bonchev–Trinajstić information content (AvgIpc) is 2.36. The van der Waals surface area contributed by atoms with Crippen LogP contribution in [-0.2, 0) is 6.42 Å². The fraction of sp³-hybridized carbons (Fsp3) is 0.294. The molecule has 0 fully saturated rings. The molecular formula is C17H21N. The fourth-order valence-corrected chi connectivity index (χ4v) is 2.27. The van der Waals surface area contributed by atoms with Crippen molar-refractivity contribution >= 4 is 5.69 Å². The van der Waals surface area contributed by atoms with E-state index in [0.717, 1.165) is 6.42 Å². The summed E-state index contributed by atoms with van der Waals surface area (Å²) in [5.41, 5.74) is 8.09. The van der Waals surface area contributed by atoms with Gasteiger partial charge < -0.3 is 5.32 Å². The molecule has 0 unspecified atom stereocenters. The Kier molecular flexibility index (Phi) is 3.71. The number of nitrogens with one attached hydrogen (secondary N) is 1. The van der Waals surface area contributed by atoms with Gasteiger partial charge in [-0.15, -0.1) is 0 Å². The molecule has 0 heterocycles. The van der Waals surface area contributed by atoms with Crippen LogP contribution in [0.2, 0.25) is 0 Å².